The lowest BCUT2D eigenvalue weighted by Crippen LogP contribution is -2.23. The summed E-state index contributed by atoms with van der Waals surface area (Å²) in [5.74, 6) is -0.420. The normalized spacial score (nSPS) is 11.6. The fourth-order valence-corrected chi connectivity index (χ4v) is 4.81. The van der Waals surface area contributed by atoms with Gasteiger partial charge in [0.25, 0.3) is 21.6 Å². The van der Waals surface area contributed by atoms with Gasteiger partial charge in [0, 0.05) is 37.3 Å². The SMILES string of the molecule is CN(C)S(=O)(=O)c1ccc(CNC(=O)c2ccn(-c3ccc([N+](=O)[O-])cc3)n2)s1. The average molecular weight is 435 g/mol. The highest BCUT2D eigenvalue weighted by Crippen LogP contribution is 2.23. The average Bonchev–Trinajstić information content (AvgIpc) is 3.36. The Bertz CT molecular complexity index is 1150. The van der Waals surface area contributed by atoms with Gasteiger partial charge in [-0.2, -0.15) is 5.10 Å². The van der Waals surface area contributed by atoms with Crippen LogP contribution in [-0.2, 0) is 16.6 Å². The van der Waals surface area contributed by atoms with Crippen LogP contribution in [0.3, 0.4) is 0 Å². The third-order valence-corrected chi connectivity index (χ3v) is 7.31. The van der Waals surface area contributed by atoms with Gasteiger partial charge in [0.15, 0.2) is 5.69 Å². The van der Waals surface area contributed by atoms with Crippen molar-refractivity contribution in [1.82, 2.24) is 19.4 Å². The molecule has 29 heavy (non-hydrogen) atoms. The topological polar surface area (TPSA) is 127 Å². The number of amides is 1. The van der Waals surface area contributed by atoms with Crippen LogP contribution in [0.2, 0.25) is 0 Å². The van der Waals surface area contributed by atoms with Gasteiger partial charge < -0.3 is 5.32 Å². The summed E-state index contributed by atoms with van der Waals surface area (Å²) in [6.45, 7) is 0.164. The number of carbonyl (C=O) groups excluding carboxylic acids is 1. The first-order valence-electron chi connectivity index (χ1n) is 8.28. The van der Waals surface area contributed by atoms with E-state index >= 15 is 0 Å². The molecular formula is C17H17N5O5S2. The maximum atomic E-state index is 12.3. The molecule has 0 radical (unpaired) electrons. The van der Waals surface area contributed by atoms with Gasteiger partial charge in [-0.25, -0.2) is 17.4 Å². The molecule has 152 valence electrons. The van der Waals surface area contributed by atoms with Gasteiger partial charge in [0.05, 0.1) is 17.2 Å². The molecule has 3 aromatic rings. The van der Waals surface area contributed by atoms with E-state index in [0.29, 0.717) is 10.6 Å². The number of nitrogens with zero attached hydrogens (tertiary/aromatic N) is 4. The minimum absolute atomic E-state index is 0.0366. The summed E-state index contributed by atoms with van der Waals surface area (Å²) in [4.78, 5) is 23.2. The van der Waals surface area contributed by atoms with Gasteiger partial charge in [-0.1, -0.05) is 0 Å². The highest BCUT2D eigenvalue weighted by Gasteiger charge is 2.20. The number of non-ortho nitro benzene ring substituents is 1. The number of rotatable bonds is 7. The van der Waals surface area contributed by atoms with E-state index in [9.17, 15) is 23.3 Å². The highest BCUT2D eigenvalue weighted by molar-refractivity contribution is 7.91. The van der Waals surface area contributed by atoms with Gasteiger partial charge >= 0.3 is 0 Å². The van der Waals surface area contributed by atoms with Crippen LogP contribution in [0.5, 0.6) is 0 Å². The summed E-state index contributed by atoms with van der Waals surface area (Å²) in [6, 6.07) is 10.4. The van der Waals surface area contributed by atoms with Crippen molar-refractivity contribution in [3.63, 3.8) is 0 Å². The molecule has 0 saturated heterocycles. The molecule has 0 spiro atoms. The number of hydrogen-bond donors (Lipinski definition) is 1. The Morgan fingerprint density at radius 3 is 2.52 bits per heavy atom. The minimum Gasteiger partial charge on any atom is -0.346 e. The van der Waals surface area contributed by atoms with E-state index in [2.05, 4.69) is 10.4 Å². The van der Waals surface area contributed by atoms with Crippen LogP contribution in [0.4, 0.5) is 5.69 Å². The summed E-state index contributed by atoms with van der Waals surface area (Å²) in [5.41, 5.74) is 0.706. The zero-order chi connectivity index (χ0) is 21.2. The summed E-state index contributed by atoms with van der Waals surface area (Å²) in [6.07, 6.45) is 1.57. The van der Waals surface area contributed by atoms with E-state index in [1.54, 1.807) is 12.3 Å². The van der Waals surface area contributed by atoms with Gasteiger partial charge in [-0.05, 0) is 30.3 Å². The number of sulfonamides is 1. The first-order chi connectivity index (χ1) is 13.7. The molecule has 2 aromatic heterocycles. The highest BCUT2D eigenvalue weighted by atomic mass is 32.2. The van der Waals surface area contributed by atoms with E-state index in [1.165, 1.54) is 55.2 Å². The summed E-state index contributed by atoms with van der Waals surface area (Å²) >= 11 is 1.09. The molecule has 1 amide bonds. The molecule has 0 aliphatic carbocycles. The number of carbonyl (C=O) groups is 1. The molecular weight excluding hydrogens is 418 g/mol. The van der Waals surface area contributed by atoms with Crippen molar-refractivity contribution in [2.24, 2.45) is 0 Å². The quantitative estimate of drug-likeness (QED) is 0.447. The van der Waals surface area contributed by atoms with Crippen LogP contribution in [0.15, 0.2) is 52.9 Å². The maximum Gasteiger partial charge on any atom is 0.272 e. The van der Waals surface area contributed by atoms with E-state index in [4.69, 9.17) is 0 Å². The number of aromatic nitrogens is 2. The first-order valence-corrected chi connectivity index (χ1v) is 10.5. The van der Waals surface area contributed by atoms with Crippen molar-refractivity contribution in [1.29, 1.82) is 0 Å². The maximum absolute atomic E-state index is 12.3. The molecule has 0 fully saturated rings. The Morgan fingerprint density at radius 1 is 1.21 bits per heavy atom. The molecule has 10 nitrogen and oxygen atoms in total. The lowest BCUT2D eigenvalue weighted by molar-refractivity contribution is -0.384. The second kappa shape index (κ2) is 8.11. The summed E-state index contributed by atoms with van der Waals surface area (Å²) in [5, 5.41) is 17.6. The number of benzene rings is 1. The molecule has 0 unspecified atom stereocenters. The van der Waals surface area contributed by atoms with E-state index in [1.807, 2.05) is 0 Å². The Balaban J connectivity index is 1.65. The minimum atomic E-state index is -3.50. The Morgan fingerprint density at radius 2 is 1.90 bits per heavy atom. The Labute approximate surface area is 170 Å². The van der Waals surface area contributed by atoms with Gasteiger partial charge in [-0.3, -0.25) is 14.9 Å². The number of nitro benzene ring substituents is 1. The lowest BCUT2D eigenvalue weighted by atomic mass is 10.3. The van der Waals surface area contributed by atoms with Crippen LogP contribution in [0.1, 0.15) is 15.4 Å². The van der Waals surface area contributed by atoms with E-state index < -0.39 is 20.9 Å². The largest absolute Gasteiger partial charge is 0.346 e. The Kier molecular flexibility index (Phi) is 5.77. The smallest absolute Gasteiger partial charge is 0.272 e. The predicted octanol–water partition coefficient (Wildman–Crippen LogP) is 2.02. The second-order valence-corrected chi connectivity index (χ2v) is 9.66. The van der Waals surface area contributed by atoms with Gasteiger partial charge in [0.2, 0.25) is 0 Å². The van der Waals surface area contributed by atoms with Gasteiger partial charge in [0.1, 0.15) is 4.21 Å². The van der Waals surface area contributed by atoms with Crippen molar-refractivity contribution in [2.75, 3.05) is 14.1 Å². The van der Waals surface area contributed by atoms with Gasteiger partial charge in [-0.15, -0.1) is 11.3 Å². The van der Waals surface area contributed by atoms with Crippen LogP contribution in [-0.4, -0.2) is 47.4 Å². The van der Waals surface area contributed by atoms with Crippen molar-refractivity contribution in [3.8, 4) is 5.69 Å². The molecule has 0 aliphatic heterocycles. The Hall–Kier alpha value is -3.09. The van der Waals surface area contributed by atoms with E-state index in [0.717, 1.165) is 15.6 Å². The second-order valence-electron chi connectivity index (χ2n) is 6.11. The predicted molar refractivity (Wildman–Crippen MR) is 107 cm³/mol. The number of nitrogens with one attached hydrogen (secondary N) is 1. The molecule has 0 saturated carbocycles. The fourth-order valence-electron chi connectivity index (χ4n) is 2.35. The first kappa shape index (κ1) is 20.6. The molecule has 1 aromatic carbocycles. The molecule has 2 heterocycles. The standard InChI is InChI=1S/C17H17N5O5S2/c1-20(2)29(26,27)16-8-7-14(28-16)11-18-17(23)15-9-10-21(19-15)12-3-5-13(6-4-12)22(24)25/h3-10H,11H2,1-2H3,(H,18,23). The van der Waals surface area contributed by atoms with E-state index in [-0.39, 0.29) is 22.1 Å². The molecule has 3 rings (SSSR count). The number of nitro groups is 1. The van der Waals surface area contributed by atoms with Crippen LogP contribution in [0.25, 0.3) is 5.69 Å². The molecule has 0 atom stereocenters. The van der Waals surface area contributed by atoms with Crippen LogP contribution in [0, 0.1) is 10.1 Å². The molecule has 1 N–H and O–H groups in total. The third-order valence-electron chi connectivity index (χ3n) is 3.94. The van der Waals surface area contributed by atoms with Crippen LogP contribution < -0.4 is 5.32 Å². The molecule has 12 heteroatoms. The summed E-state index contributed by atoms with van der Waals surface area (Å²) in [7, 11) is -0.589. The monoisotopic (exact) mass is 435 g/mol. The van der Waals surface area contributed by atoms with Crippen molar-refractivity contribution in [2.45, 2.75) is 10.8 Å². The third kappa shape index (κ3) is 4.50. The fraction of sp³-hybridized carbons (Fsp3) is 0.176. The molecule has 0 aliphatic rings. The number of thiophene rings is 1. The van der Waals surface area contributed by atoms with Crippen LogP contribution >= 0.6 is 11.3 Å². The zero-order valence-electron chi connectivity index (χ0n) is 15.5. The zero-order valence-corrected chi connectivity index (χ0v) is 17.1. The van der Waals surface area contributed by atoms with Crippen molar-refractivity contribution in [3.05, 3.63) is 69.3 Å². The molecule has 0 bridgehead atoms. The summed E-state index contributed by atoms with van der Waals surface area (Å²) < 4.78 is 27.0. The van der Waals surface area contributed by atoms with Crippen molar-refractivity contribution >= 4 is 33.0 Å². The number of hydrogen-bond acceptors (Lipinski definition) is 7. The van der Waals surface area contributed by atoms with Crippen molar-refractivity contribution < 1.29 is 18.1 Å². The lowest BCUT2D eigenvalue weighted by Gasteiger charge is -2.08.